The van der Waals surface area contributed by atoms with Crippen molar-refractivity contribution in [2.75, 3.05) is 13.1 Å². The lowest BCUT2D eigenvalue weighted by Gasteiger charge is -2.07. The summed E-state index contributed by atoms with van der Waals surface area (Å²) in [5, 5.41) is 0. The molecule has 0 aromatic carbocycles. The van der Waals surface area contributed by atoms with Crippen LogP contribution in [0.25, 0.3) is 0 Å². The molecule has 0 radical (unpaired) electrons. The first-order valence-corrected chi connectivity index (χ1v) is 3.16. The van der Waals surface area contributed by atoms with Crippen molar-refractivity contribution in [3.05, 3.63) is 23.8 Å². The second-order valence-electron chi connectivity index (χ2n) is 2.17. The van der Waals surface area contributed by atoms with E-state index in [4.69, 9.17) is 11.5 Å². The number of rotatable bonds is 2. The van der Waals surface area contributed by atoms with Gasteiger partial charge in [0, 0.05) is 19.0 Å². The molecule has 0 bridgehead atoms. The lowest BCUT2D eigenvalue weighted by molar-refractivity contribution is 0.761. The minimum atomic E-state index is 0.412. The second-order valence-corrected chi connectivity index (χ2v) is 2.17. The van der Waals surface area contributed by atoms with Crippen LogP contribution >= 0.6 is 0 Å². The molecule has 0 saturated heterocycles. The zero-order valence-corrected chi connectivity index (χ0v) is 5.38. The minimum Gasteiger partial charge on any atom is -0.330 e. The molecule has 0 saturated carbocycles. The monoisotopic (exact) mass is 124 g/mol. The lowest BCUT2D eigenvalue weighted by atomic mass is 10.0. The van der Waals surface area contributed by atoms with Crippen molar-refractivity contribution in [1.82, 2.24) is 0 Å². The van der Waals surface area contributed by atoms with Crippen LogP contribution in [0.5, 0.6) is 0 Å². The molecule has 9 heavy (non-hydrogen) atoms. The van der Waals surface area contributed by atoms with Crippen LogP contribution < -0.4 is 11.5 Å². The van der Waals surface area contributed by atoms with Crippen LogP contribution in [0.2, 0.25) is 0 Å². The maximum absolute atomic E-state index is 5.45. The molecule has 2 nitrogen and oxygen atoms in total. The normalized spacial score (nSPS) is 24.7. The fourth-order valence-electron chi connectivity index (χ4n) is 1.01. The molecule has 0 aromatic rings. The maximum atomic E-state index is 5.45. The molecule has 2 heteroatoms. The van der Waals surface area contributed by atoms with Gasteiger partial charge < -0.3 is 11.5 Å². The molecule has 4 N–H and O–H groups in total. The molecule has 1 aliphatic carbocycles. The van der Waals surface area contributed by atoms with Gasteiger partial charge in [-0.2, -0.15) is 0 Å². The first-order chi connectivity index (χ1) is 4.38. The molecule has 0 heterocycles. The van der Waals surface area contributed by atoms with Crippen molar-refractivity contribution < 1.29 is 0 Å². The van der Waals surface area contributed by atoms with Crippen molar-refractivity contribution >= 4 is 0 Å². The van der Waals surface area contributed by atoms with Crippen molar-refractivity contribution in [2.45, 2.75) is 0 Å². The number of allylic oxidation sites excluding steroid dienone is 2. The first kappa shape index (κ1) is 6.52. The molecule has 0 aliphatic heterocycles. The third kappa shape index (κ3) is 1.20. The number of hydrogen-bond donors (Lipinski definition) is 2. The van der Waals surface area contributed by atoms with Gasteiger partial charge in [-0.1, -0.05) is 18.2 Å². The Kier molecular flexibility index (Phi) is 2.03. The Morgan fingerprint density at radius 1 is 1.44 bits per heavy atom. The molecule has 0 aromatic heterocycles. The molecule has 1 rings (SSSR count). The summed E-state index contributed by atoms with van der Waals surface area (Å²) in [7, 11) is 0. The van der Waals surface area contributed by atoms with E-state index in [1.54, 1.807) is 0 Å². The average molecular weight is 124 g/mol. The van der Waals surface area contributed by atoms with Gasteiger partial charge >= 0.3 is 0 Å². The number of nitrogens with two attached hydrogens (primary N) is 2. The van der Waals surface area contributed by atoms with E-state index in [9.17, 15) is 0 Å². The Balaban J connectivity index is 2.55. The summed E-state index contributed by atoms with van der Waals surface area (Å²) >= 11 is 0. The summed E-state index contributed by atoms with van der Waals surface area (Å²) in [5.74, 6) is 0.412. The minimum absolute atomic E-state index is 0.412. The van der Waals surface area contributed by atoms with E-state index < -0.39 is 0 Å². The molecule has 0 amide bonds. The predicted octanol–water partition coefficient (Wildman–Crippen LogP) is 0.0162. The highest BCUT2D eigenvalue weighted by Crippen LogP contribution is 2.15. The van der Waals surface area contributed by atoms with E-state index in [0.717, 1.165) is 0 Å². The van der Waals surface area contributed by atoms with Gasteiger partial charge in [0.1, 0.15) is 0 Å². The van der Waals surface area contributed by atoms with E-state index in [1.807, 2.05) is 12.2 Å². The summed E-state index contributed by atoms with van der Waals surface area (Å²) in [5.41, 5.74) is 12.1. The van der Waals surface area contributed by atoms with Crippen LogP contribution in [0.15, 0.2) is 23.8 Å². The highest BCUT2D eigenvalue weighted by molar-refractivity contribution is 5.28. The molecule has 1 aliphatic rings. The van der Waals surface area contributed by atoms with Crippen molar-refractivity contribution in [3.8, 4) is 0 Å². The summed E-state index contributed by atoms with van der Waals surface area (Å²) in [4.78, 5) is 0. The van der Waals surface area contributed by atoms with E-state index in [1.165, 1.54) is 5.57 Å². The highest BCUT2D eigenvalue weighted by Gasteiger charge is 2.09. The Hall–Kier alpha value is -0.600. The van der Waals surface area contributed by atoms with Gasteiger partial charge in [-0.05, 0) is 5.57 Å². The van der Waals surface area contributed by atoms with E-state index in [0.29, 0.717) is 19.0 Å². The third-order valence-corrected chi connectivity index (χ3v) is 1.62. The van der Waals surface area contributed by atoms with Gasteiger partial charge in [-0.15, -0.1) is 0 Å². The van der Waals surface area contributed by atoms with Crippen LogP contribution in [0.4, 0.5) is 0 Å². The van der Waals surface area contributed by atoms with Crippen LogP contribution in [0.1, 0.15) is 0 Å². The Morgan fingerprint density at radius 3 is 2.67 bits per heavy atom. The average Bonchev–Trinajstić information content (AvgIpc) is 2.33. The second kappa shape index (κ2) is 2.80. The zero-order valence-electron chi connectivity index (χ0n) is 5.38. The van der Waals surface area contributed by atoms with Gasteiger partial charge in [-0.3, -0.25) is 0 Å². The van der Waals surface area contributed by atoms with Gasteiger partial charge in [0.2, 0.25) is 0 Å². The fourth-order valence-corrected chi connectivity index (χ4v) is 1.01. The quantitative estimate of drug-likeness (QED) is 0.545. The molecular weight excluding hydrogens is 112 g/mol. The number of hydrogen-bond acceptors (Lipinski definition) is 2. The Bertz CT molecular complexity index is 147. The van der Waals surface area contributed by atoms with Crippen molar-refractivity contribution in [1.29, 1.82) is 0 Å². The molecule has 1 unspecified atom stereocenters. The van der Waals surface area contributed by atoms with E-state index in [2.05, 4.69) is 6.08 Å². The van der Waals surface area contributed by atoms with Crippen LogP contribution in [0.3, 0.4) is 0 Å². The summed E-state index contributed by atoms with van der Waals surface area (Å²) in [6.07, 6.45) is 6.14. The smallest absolute Gasteiger partial charge is 0.0146 e. The Morgan fingerprint density at radius 2 is 2.22 bits per heavy atom. The maximum Gasteiger partial charge on any atom is 0.0146 e. The van der Waals surface area contributed by atoms with Crippen molar-refractivity contribution in [3.63, 3.8) is 0 Å². The van der Waals surface area contributed by atoms with Gasteiger partial charge in [0.15, 0.2) is 0 Å². The third-order valence-electron chi connectivity index (χ3n) is 1.62. The zero-order chi connectivity index (χ0) is 6.69. The highest BCUT2D eigenvalue weighted by atomic mass is 14.6. The molecular formula is C7H12N2. The van der Waals surface area contributed by atoms with Crippen LogP contribution in [-0.4, -0.2) is 13.1 Å². The van der Waals surface area contributed by atoms with E-state index >= 15 is 0 Å². The molecule has 0 spiro atoms. The lowest BCUT2D eigenvalue weighted by Crippen LogP contribution is -2.17. The standard InChI is InChI=1S/C7H12N2/c8-4-6-2-1-3-7(6)5-9/h1-3,6H,4-5,8-9H2. The van der Waals surface area contributed by atoms with Gasteiger partial charge in [0.25, 0.3) is 0 Å². The van der Waals surface area contributed by atoms with Crippen LogP contribution in [-0.2, 0) is 0 Å². The van der Waals surface area contributed by atoms with Gasteiger partial charge in [-0.25, -0.2) is 0 Å². The largest absolute Gasteiger partial charge is 0.330 e. The molecule has 1 atom stereocenters. The summed E-state index contributed by atoms with van der Waals surface area (Å²) in [6, 6.07) is 0. The van der Waals surface area contributed by atoms with E-state index in [-0.39, 0.29) is 0 Å². The fraction of sp³-hybridized carbons (Fsp3) is 0.429. The molecule has 0 fully saturated rings. The first-order valence-electron chi connectivity index (χ1n) is 3.16. The Labute approximate surface area is 55.2 Å². The van der Waals surface area contributed by atoms with Crippen molar-refractivity contribution in [2.24, 2.45) is 17.4 Å². The summed E-state index contributed by atoms with van der Waals surface area (Å²) < 4.78 is 0. The van der Waals surface area contributed by atoms with Crippen LogP contribution in [0, 0.1) is 5.92 Å². The van der Waals surface area contributed by atoms with Gasteiger partial charge in [0.05, 0.1) is 0 Å². The SMILES string of the molecule is NCC1=CC=CC1CN. The summed E-state index contributed by atoms with van der Waals surface area (Å²) in [6.45, 7) is 1.31. The molecule has 50 valence electrons. The topological polar surface area (TPSA) is 52.0 Å². The predicted molar refractivity (Wildman–Crippen MR) is 38.8 cm³/mol.